The highest BCUT2D eigenvalue weighted by Crippen LogP contribution is 2.30. The molecule has 140 valence electrons. The lowest BCUT2D eigenvalue weighted by molar-refractivity contribution is 0.305. The maximum atomic E-state index is 14.4. The molecule has 3 aromatic carbocycles. The zero-order valence-corrected chi connectivity index (χ0v) is 15.7. The van der Waals surface area contributed by atoms with Crippen LogP contribution >= 0.6 is 0 Å². The summed E-state index contributed by atoms with van der Waals surface area (Å²) in [6.07, 6.45) is 0. The summed E-state index contributed by atoms with van der Waals surface area (Å²) in [4.78, 5) is 0. The minimum atomic E-state index is -0.311. The Hall–Kier alpha value is -3.05. The van der Waals surface area contributed by atoms with E-state index >= 15 is 0 Å². The van der Waals surface area contributed by atoms with Gasteiger partial charge in [0.05, 0.1) is 12.8 Å². The predicted octanol–water partition coefficient (Wildman–Crippen LogP) is 4.70. The molecule has 0 spiro atoms. The highest BCUT2D eigenvalue weighted by atomic mass is 19.1. The summed E-state index contributed by atoms with van der Waals surface area (Å²) in [6, 6.07) is 17.9. The zero-order valence-electron chi connectivity index (χ0n) is 15.7. The SMILES string of the molecule is COc1cccc(-c2cc(OCc3c(C)cccc3N(C)N)ccc2F)c1. The van der Waals surface area contributed by atoms with Crippen LogP contribution < -0.4 is 20.3 Å². The lowest BCUT2D eigenvalue weighted by atomic mass is 10.0. The van der Waals surface area contributed by atoms with E-state index in [0.29, 0.717) is 23.7 Å². The van der Waals surface area contributed by atoms with E-state index in [1.165, 1.54) is 6.07 Å². The third-order valence-corrected chi connectivity index (χ3v) is 4.47. The van der Waals surface area contributed by atoms with Crippen LogP contribution in [0.2, 0.25) is 0 Å². The van der Waals surface area contributed by atoms with Crippen molar-refractivity contribution < 1.29 is 13.9 Å². The normalized spacial score (nSPS) is 10.6. The van der Waals surface area contributed by atoms with Crippen molar-refractivity contribution in [3.63, 3.8) is 0 Å². The van der Waals surface area contributed by atoms with E-state index in [1.54, 1.807) is 37.4 Å². The van der Waals surface area contributed by atoms with Crippen LogP contribution in [0.25, 0.3) is 11.1 Å². The van der Waals surface area contributed by atoms with E-state index < -0.39 is 0 Å². The van der Waals surface area contributed by atoms with Gasteiger partial charge >= 0.3 is 0 Å². The van der Waals surface area contributed by atoms with Crippen LogP contribution in [0, 0.1) is 12.7 Å². The summed E-state index contributed by atoms with van der Waals surface area (Å²) in [5.74, 6) is 6.87. The Morgan fingerprint density at radius 3 is 2.52 bits per heavy atom. The number of benzene rings is 3. The van der Waals surface area contributed by atoms with Crippen LogP contribution in [-0.4, -0.2) is 14.2 Å². The molecule has 0 saturated carbocycles. The first-order valence-corrected chi connectivity index (χ1v) is 8.63. The Morgan fingerprint density at radius 1 is 1.00 bits per heavy atom. The molecule has 27 heavy (non-hydrogen) atoms. The fourth-order valence-electron chi connectivity index (χ4n) is 2.97. The molecule has 0 heterocycles. The average molecular weight is 366 g/mol. The summed E-state index contributed by atoms with van der Waals surface area (Å²) in [6.45, 7) is 2.35. The Labute approximate surface area is 158 Å². The summed E-state index contributed by atoms with van der Waals surface area (Å²) in [5.41, 5.74) is 4.17. The monoisotopic (exact) mass is 366 g/mol. The Bertz CT molecular complexity index is 941. The largest absolute Gasteiger partial charge is 0.497 e. The molecule has 4 nitrogen and oxygen atoms in total. The number of rotatable bonds is 6. The molecule has 3 rings (SSSR count). The summed E-state index contributed by atoms with van der Waals surface area (Å²) >= 11 is 0. The topological polar surface area (TPSA) is 47.7 Å². The molecule has 0 fully saturated rings. The van der Waals surface area contributed by atoms with Crippen molar-refractivity contribution in [3.05, 3.63) is 77.6 Å². The number of hydrogen-bond donors (Lipinski definition) is 1. The number of nitrogens with zero attached hydrogens (tertiary/aromatic N) is 1. The van der Waals surface area contributed by atoms with Gasteiger partial charge in [0.25, 0.3) is 0 Å². The van der Waals surface area contributed by atoms with Crippen LogP contribution in [0.5, 0.6) is 11.5 Å². The molecule has 0 amide bonds. The average Bonchev–Trinajstić information content (AvgIpc) is 2.67. The van der Waals surface area contributed by atoms with Crippen LogP contribution in [-0.2, 0) is 6.61 Å². The molecule has 0 aliphatic carbocycles. The van der Waals surface area contributed by atoms with Gasteiger partial charge in [0.2, 0.25) is 0 Å². The van der Waals surface area contributed by atoms with Gasteiger partial charge in [-0.3, -0.25) is 0 Å². The lowest BCUT2D eigenvalue weighted by Crippen LogP contribution is -2.26. The Kier molecular flexibility index (Phi) is 5.62. The third-order valence-electron chi connectivity index (χ3n) is 4.47. The first-order valence-electron chi connectivity index (χ1n) is 8.63. The third kappa shape index (κ3) is 4.20. The fraction of sp³-hybridized carbons (Fsp3) is 0.182. The van der Waals surface area contributed by atoms with Gasteiger partial charge < -0.3 is 14.5 Å². The summed E-state index contributed by atoms with van der Waals surface area (Å²) in [5, 5.41) is 1.57. The summed E-state index contributed by atoms with van der Waals surface area (Å²) < 4.78 is 25.6. The number of nitrogens with two attached hydrogens (primary N) is 1. The molecule has 0 saturated heterocycles. The van der Waals surface area contributed by atoms with Crippen molar-refractivity contribution in [1.82, 2.24) is 0 Å². The Morgan fingerprint density at radius 2 is 1.78 bits per heavy atom. The molecule has 5 heteroatoms. The van der Waals surface area contributed by atoms with Gasteiger partial charge in [0.15, 0.2) is 0 Å². The van der Waals surface area contributed by atoms with Gasteiger partial charge in [-0.2, -0.15) is 0 Å². The van der Waals surface area contributed by atoms with E-state index in [2.05, 4.69) is 0 Å². The highest BCUT2D eigenvalue weighted by molar-refractivity contribution is 5.67. The van der Waals surface area contributed by atoms with Crippen LogP contribution in [0.3, 0.4) is 0 Å². The zero-order chi connectivity index (χ0) is 19.4. The van der Waals surface area contributed by atoms with Crippen molar-refractivity contribution in [2.24, 2.45) is 5.84 Å². The number of hydrazine groups is 1. The maximum Gasteiger partial charge on any atom is 0.131 e. The van der Waals surface area contributed by atoms with Crippen molar-refractivity contribution in [2.75, 3.05) is 19.2 Å². The van der Waals surface area contributed by atoms with E-state index in [1.807, 2.05) is 43.3 Å². The molecule has 3 aromatic rings. The van der Waals surface area contributed by atoms with Crippen LogP contribution in [0.4, 0.5) is 10.1 Å². The van der Waals surface area contributed by atoms with Gasteiger partial charge in [0, 0.05) is 18.2 Å². The molecule has 2 N–H and O–H groups in total. The molecule has 0 bridgehead atoms. The van der Waals surface area contributed by atoms with E-state index in [-0.39, 0.29) is 5.82 Å². The van der Waals surface area contributed by atoms with Gasteiger partial charge in [-0.15, -0.1) is 0 Å². The quantitative estimate of drug-likeness (QED) is 0.507. The Balaban J connectivity index is 1.87. The fourth-order valence-corrected chi connectivity index (χ4v) is 2.97. The number of aryl methyl sites for hydroxylation is 1. The predicted molar refractivity (Wildman–Crippen MR) is 106 cm³/mol. The number of halogens is 1. The smallest absolute Gasteiger partial charge is 0.131 e. The molecule has 0 atom stereocenters. The van der Waals surface area contributed by atoms with Crippen molar-refractivity contribution >= 4 is 5.69 Å². The summed E-state index contributed by atoms with van der Waals surface area (Å²) in [7, 11) is 3.38. The number of methoxy groups -OCH3 is 1. The first-order chi connectivity index (χ1) is 13.0. The van der Waals surface area contributed by atoms with Gasteiger partial charge in [-0.25, -0.2) is 10.2 Å². The van der Waals surface area contributed by atoms with Crippen LogP contribution in [0.15, 0.2) is 60.7 Å². The number of hydrogen-bond acceptors (Lipinski definition) is 4. The molecular weight excluding hydrogens is 343 g/mol. The highest BCUT2D eigenvalue weighted by Gasteiger charge is 2.11. The van der Waals surface area contributed by atoms with Gasteiger partial charge in [-0.1, -0.05) is 24.3 Å². The molecule has 0 unspecified atom stereocenters. The van der Waals surface area contributed by atoms with E-state index in [9.17, 15) is 4.39 Å². The van der Waals surface area contributed by atoms with Gasteiger partial charge in [-0.05, 0) is 54.4 Å². The van der Waals surface area contributed by atoms with Crippen molar-refractivity contribution in [3.8, 4) is 22.6 Å². The minimum Gasteiger partial charge on any atom is -0.497 e. The van der Waals surface area contributed by atoms with Crippen molar-refractivity contribution in [2.45, 2.75) is 13.5 Å². The van der Waals surface area contributed by atoms with Crippen molar-refractivity contribution in [1.29, 1.82) is 0 Å². The lowest BCUT2D eigenvalue weighted by Gasteiger charge is -2.19. The first kappa shape index (κ1) is 18.7. The second-order valence-corrected chi connectivity index (χ2v) is 6.35. The van der Waals surface area contributed by atoms with Gasteiger partial charge in [0.1, 0.15) is 23.9 Å². The van der Waals surface area contributed by atoms with Crippen LogP contribution in [0.1, 0.15) is 11.1 Å². The standard InChI is InChI=1S/C22H23FN2O2/c1-15-6-4-9-22(25(2)24)20(15)14-27-18-10-11-21(23)19(13-18)16-7-5-8-17(12-16)26-3/h4-13H,14,24H2,1-3H3. The number of ether oxygens (including phenoxy) is 2. The second-order valence-electron chi connectivity index (χ2n) is 6.35. The molecule has 0 aliphatic heterocycles. The maximum absolute atomic E-state index is 14.4. The van der Waals surface area contributed by atoms with E-state index in [0.717, 1.165) is 22.4 Å². The molecular formula is C22H23FN2O2. The van der Waals surface area contributed by atoms with E-state index in [4.69, 9.17) is 15.3 Å². The molecule has 0 aliphatic rings. The minimum absolute atomic E-state index is 0.311. The second kappa shape index (κ2) is 8.10. The molecule has 0 radical (unpaired) electrons. The molecule has 0 aromatic heterocycles. The number of anilines is 1.